The molecule has 1 atom stereocenters. The summed E-state index contributed by atoms with van der Waals surface area (Å²) in [6.45, 7) is 2.08. The quantitative estimate of drug-likeness (QED) is 0.594. The van der Waals surface area contributed by atoms with Crippen LogP contribution in [0.3, 0.4) is 0 Å². The van der Waals surface area contributed by atoms with Crippen LogP contribution in [0, 0.1) is 11.7 Å². The Balaban J connectivity index is 2.83. The summed E-state index contributed by atoms with van der Waals surface area (Å²) in [6, 6.07) is 2.34. The lowest BCUT2D eigenvalue weighted by molar-refractivity contribution is -0.138. The molecule has 0 saturated heterocycles. The topological polar surface area (TPSA) is 35.5 Å². The lowest BCUT2D eigenvalue weighted by Crippen LogP contribution is -2.19. The Kier molecular flexibility index (Phi) is 6.14. The van der Waals surface area contributed by atoms with E-state index in [1.54, 1.807) is 6.92 Å². The summed E-state index contributed by atoms with van der Waals surface area (Å²) in [5.41, 5.74) is -2.42. The maximum atomic E-state index is 13.5. The van der Waals surface area contributed by atoms with Gasteiger partial charge >= 0.3 is 12.1 Å². The highest BCUT2D eigenvalue weighted by atomic mass is 19.4. The fourth-order valence-electron chi connectivity index (χ4n) is 1.66. The van der Waals surface area contributed by atoms with Crippen LogP contribution in [0.1, 0.15) is 29.3 Å². The van der Waals surface area contributed by atoms with Gasteiger partial charge in [0.15, 0.2) is 0 Å². The molecule has 0 aliphatic carbocycles. The Morgan fingerprint density at radius 3 is 2.57 bits per heavy atom. The number of alkyl halides is 3. The van der Waals surface area contributed by atoms with E-state index < -0.39 is 29.1 Å². The molecule has 7 heteroatoms. The van der Waals surface area contributed by atoms with Gasteiger partial charge in [0, 0.05) is 13.7 Å². The largest absolute Gasteiger partial charge is 0.462 e. The normalized spacial score (nSPS) is 13.0. The Morgan fingerprint density at radius 2 is 2.00 bits per heavy atom. The SMILES string of the molecule is COCCC(C)COC(=O)c1c(F)cccc1C(F)(F)F. The molecule has 118 valence electrons. The molecule has 0 bridgehead atoms. The molecule has 21 heavy (non-hydrogen) atoms. The van der Waals surface area contributed by atoms with E-state index in [9.17, 15) is 22.4 Å². The molecule has 0 spiro atoms. The first-order valence-electron chi connectivity index (χ1n) is 6.29. The lowest BCUT2D eigenvalue weighted by Gasteiger charge is -2.15. The van der Waals surface area contributed by atoms with Gasteiger partial charge in [-0.15, -0.1) is 0 Å². The molecule has 0 aliphatic rings. The Bertz CT molecular complexity index is 486. The molecule has 0 saturated carbocycles. The van der Waals surface area contributed by atoms with Gasteiger partial charge < -0.3 is 9.47 Å². The summed E-state index contributed by atoms with van der Waals surface area (Å²) in [5, 5.41) is 0. The standard InChI is InChI=1S/C14H16F4O3/c1-9(6-7-20-2)8-21-13(19)12-10(14(16,17)18)4-3-5-11(12)15/h3-5,9H,6-8H2,1-2H3. The van der Waals surface area contributed by atoms with Crippen molar-refractivity contribution < 1.29 is 31.8 Å². The molecule has 1 rings (SSSR count). The first-order chi connectivity index (χ1) is 9.77. The number of rotatable bonds is 6. The third-order valence-electron chi connectivity index (χ3n) is 2.84. The lowest BCUT2D eigenvalue weighted by atomic mass is 10.1. The van der Waals surface area contributed by atoms with Crippen molar-refractivity contribution in [3.8, 4) is 0 Å². The molecule has 0 aromatic heterocycles. The van der Waals surface area contributed by atoms with E-state index in [-0.39, 0.29) is 12.5 Å². The van der Waals surface area contributed by atoms with Crippen LogP contribution in [0.5, 0.6) is 0 Å². The van der Waals surface area contributed by atoms with Crippen molar-refractivity contribution in [1.82, 2.24) is 0 Å². The van der Waals surface area contributed by atoms with E-state index in [4.69, 9.17) is 9.47 Å². The van der Waals surface area contributed by atoms with Gasteiger partial charge in [0.2, 0.25) is 0 Å². The number of carbonyl (C=O) groups excluding carboxylic acids is 1. The Labute approximate surface area is 119 Å². The monoisotopic (exact) mass is 308 g/mol. The van der Waals surface area contributed by atoms with Crippen molar-refractivity contribution in [2.75, 3.05) is 20.3 Å². The summed E-state index contributed by atoms with van der Waals surface area (Å²) in [4.78, 5) is 11.7. The number of benzene rings is 1. The summed E-state index contributed by atoms with van der Waals surface area (Å²) in [6.07, 6.45) is -4.24. The van der Waals surface area contributed by atoms with Crippen LogP contribution < -0.4 is 0 Å². The number of ether oxygens (including phenoxy) is 2. The Morgan fingerprint density at radius 1 is 1.33 bits per heavy atom. The average Bonchev–Trinajstić information content (AvgIpc) is 2.41. The molecule has 0 amide bonds. The zero-order chi connectivity index (χ0) is 16.0. The zero-order valence-electron chi connectivity index (χ0n) is 11.7. The average molecular weight is 308 g/mol. The Hall–Kier alpha value is -1.63. The number of methoxy groups -OCH3 is 1. The minimum atomic E-state index is -4.82. The maximum absolute atomic E-state index is 13.5. The summed E-state index contributed by atoms with van der Waals surface area (Å²) in [7, 11) is 1.51. The number of hydrogen-bond donors (Lipinski definition) is 0. The smallest absolute Gasteiger partial charge is 0.417 e. The molecular formula is C14H16F4O3. The number of hydrogen-bond acceptors (Lipinski definition) is 3. The van der Waals surface area contributed by atoms with Crippen molar-refractivity contribution in [2.24, 2.45) is 5.92 Å². The van der Waals surface area contributed by atoms with E-state index >= 15 is 0 Å². The van der Waals surface area contributed by atoms with E-state index in [0.29, 0.717) is 19.1 Å². The van der Waals surface area contributed by atoms with Crippen LogP contribution in [0.15, 0.2) is 18.2 Å². The van der Waals surface area contributed by atoms with E-state index in [0.717, 1.165) is 12.1 Å². The van der Waals surface area contributed by atoms with Gasteiger partial charge in [0.25, 0.3) is 0 Å². The van der Waals surface area contributed by atoms with E-state index in [1.165, 1.54) is 7.11 Å². The van der Waals surface area contributed by atoms with Gasteiger partial charge in [-0.25, -0.2) is 9.18 Å². The highest BCUT2D eigenvalue weighted by molar-refractivity contribution is 5.91. The third kappa shape index (κ3) is 5.00. The number of carbonyl (C=O) groups is 1. The minimum absolute atomic E-state index is 0.102. The second-order valence-corrected chi connectivity index (χ2v) is 4.65. The summed E-state index contributed by atoms with van der Waals surface area (Å²) >= 11 is 0. The predicted molar refractivity (Wildman–Crippen MR) is 67.3 cm³/mol. The molecule has 1 unspecified atom stereocenters. The van der Waals surface area contributed by atoms with Crippen LogP contribution in [0.25, 0.3) is 0 Å². The van der Waals surface area contributed by atoms with Gasteiger partial charge in [-0.3, -0.25) is 0 Å². The molecule has 1 aromatic rings. The molecule has 0 aliphatic heterocycles. The summed E-state index contributed by atoms with van der Waals surface area (Å²) in [5.74, 6) is -2.67. The number of halogens is 4. The highest BCUT2D eigenvalue weighted by Gasteiger charge is 2.37. The van der Waals surface area contributed by atoms with Gasteiger partial charge in [-0.1, -0.05) is 13.0 Å². The van der Waals surface area contributed by atoms with Crippen molar-refractivity contribution in [3.05, 3.63) is 35.1 Å². The molecule has 0 N–H and O–H groups in total. The summed E-state index contributed by atoms with van der Waals surface area (Å²) < 4.78 is 61.4. The first-order valence-corrected chi connectivity index (χ1v) is 6.29. The van der Waals surface area contributed by atoms with Crippen LogP contribution in [-0.2, 0) is 15.7 Å². The van der Waals surface area contributed by atoms with Crippen LogP contribution in [0.2, 0.25) is 0 Å². The van der Waals surface area contributed by atoms with Crippen molar-refractivity contribution in [2.45, 2.75) is 19.5 Å². The third-order valence-corrected chi connectivity index (χ3v) is 2.84. The number of esters is 1. The zero-order valence-corrected chi connectivity index (χ0v) is 11.7. The fourth-order valence-corrected chi connectivity index (χ4v) is 1.66. The van der Waals surface area contributed by atoms with Crippen LogP contribution >= 0.6 is 0 Å². The fraction of sp³-hybridized carbons (Fsp3) is 0.500. The molecular weight excluding hydrogens is 292 g/mol. The predicted octanol–water partition coefficient (Wildman–Crippen LogP) is 3.67. The molecule has 0 heterocycles. The van der Waals surface area contributed by atoms with E-state index in [2.05, 4.69) is 0 Å². The molecule has 0 fully saturated rings. The highest BCUT2D eigenvalue weighted by Crippen LogP contribution is 2.33. The van der Waals surface area contributed by atoms with Crippen molar-refractivity contribution >= 4 is 5.97 Å². The van der Waals surface area contributed by atoms with Crippen LogP contribution in [-0.4, -0.2) is 26.3 Å². The van der Waals surface area contributed by atoms with Crippen molar-refractivity contribution in [1.29, 1.82) is 0 Å². The second-order valence-electron chi connectivity index (χ2n) is 4.65. The van der Waals surface area contributed by atoms with Crippen LogP contribution in [0.4, 0.5) is 17.6 Å². The molecule has 3 nitrogen and oxygen atoms in total. The van der Waals surface area contributed by atoms with E-state index in [1.807, 2.05) is 0 Å². The molecule has 1 aromatic carbocycles. The minimum Gasteiger partial charge on any atom is -0.462 e. The van der Waals surface area contributed by atoms with Gasteiger partial charge in [0.05, 0.1) is 12.2 Å². The maximum Gasteiger partial charge on any atom is 0.417 e. The van der Waals surface area contributed by atoms with Gasteiger partial charge in [-0.2, -0.15) is 13.2 Å². The van der Waals surface area contributed by atoms with Gasteiger partial charge in [0.1, 0.15) is 11.4 Å². The van der Waals surface area contributed by atoms with Crippen molar-refractivity contribution in [3.63, 3.8) is 0 Å². The van der Waals surface area contributed by atoms with Gasteiger partial charge in [-0.05, 0) is 24.5 Å². The molecule has 0 radical (unpaired) electrons. The first kappa shape index (κ1) is 17.4. The second kappa shape index (κ2) is 7.40.